The molecule has 0 aromatic rings. The van der Waals surface area contributed by atoms with E-state index in [1.807, 2.05) is 0 Å². The molecule has 0 atom stereocenters. The van der Waals surface area contributed by atoms with E-state index in [9.17, 15) is 13.2 Å². The Balaban J connectivity index is 4.47. The SMILES string of the molecule is C\C=C(F)/C=C(F)\C(C)=C\F. The van der Waals surface area contributed by atoms with Gasteiger partial charge in [0.05, 0.1) is 6.33 Å². The van der Waals surface area contributed by atoms with E-state index in [2.05, 4.69) is 0 Å². The van der Waals surface area contributed by atoms with Gasteiger partial charge in [-0.15, -0.1) is 0 Å². The van der Waals surface area contributed by atoms with Gasteiger partial charge >= 0.3 is 0 Å². The van der Waals surface area contributed by atoms with Gasteiger partial charge in [0, 0.05) is 11.6 Å². The van der Waals surface area contributed by atoms with Crippen LogP contribution in [0.15, 0.2) is 35.7 Å². The Morgan fingerprint density at radius 1 is 1.27 bits per heavy atom. The summed E-state index contributed by atoms with van der Waals surface area (Å²) < 4.78 is 36.4. The first kappa shape index (κ1) is 10.0. The van der Waals surface area contributed by atoms with Crippen LogP contribution in [0.25, 0.3) is 0 Å². The monoisotopic (exact) mass is 162 g/mol. The molecular weight excluding hydrogens is 153 g/mol. The highest BCUT2D eigenvalue weighted by Crippen LogP contribution is 2.14. The quantitative estimate of drug-likeness (QED) is 0.544. The van der Waals surface area contributed by atoms with Crippen LogP contribution in [0.4, 0.5) is 13.2 Å². The van der Waals surface area contributed by atoms with Crippen LogP contribution in [0.1, 0.15) is 13.8 Å². The molecule has 0 aromatic heterocycles. The topological polar surface area (TPSA) is 0 Å². The van der Waals surface area contributed by atoms with Crippen LogP contribution in [0, 0.1) is 0 Å². The van der Waals surface area contributed by atoms with Crippen molar-refractivity contribution in [1.82, 2.24) is 0 Å². The van der Waals surface area contributed by atoms with Gasteiger partial charge in [-0.3, -0.25) is 0 Å². The predicted molar refractivity (Wildman–Crippen MR) is 38.9 cm³/mol. The van der Waals surface area contributed by atoms with E-state index in [4.69, 9.17) is 0 Å². The van der Waals surface area contributed by atoms with Crippen molar-refractivity contribution in [3.05, 3.63) is 35.7 Å². The molecule has 0 fully saturated rings. The number of hydrogen-bond donors (Lipinski definition) is 0. The normalized spacial score (nSPS) is 15.5. The predicted octanol–water partition coefficient (Wildman–Crippen LogP) is 3.59. The fraction of sp³-hybridized carbons (Fsp3) is 0.250. The maximum atomic E-state index is 12.5. The van der Waals surface area contributed by atoms with E-state index in [1.54, 1.807) is 0 Å². The highest BCUT2D eigenvalue weighted by molar-refractivity contribution is 5.27. The van der Waals surface area contributed by atoms with Crippen LogP contribution in [-0.2, 0) is 0 Å². The second-order valence-corrected chi connectivity index (χ2v) is 1.96. The average molecular weight is 162 g/mol. The Bertz CT molecular complexity index is 211. The van der Waals surface area contributed by atoms with Gasteiger partial charge in [-0.2, -0.15) is 0 Å². The van der Waals surface area contributed by atoms with Crippen molar-refractivity contribution < 1.29 is 13.2 Å². The first-order valence-corrected chi connectivity index (χ1v) is 3.08. The Morgan fingerprint density at radius 2 is 1.82 bits per heavy atom. The van der Waals surface area contributed by atoms with E-state index in [1.165, 1.54) is 13.8 Å². The van der Waals surface area contributed by atoms with Gasteiger partial charge in [-0.1, -0.05) is 6.08 Å². The maximum absolute atomic E-state index is 12.5. The van der Waals surface area contributed by atoms with Gasteiger partial charge in [0.25, 0.3) is 0 Å². The van der Waals surface area contributed by atoms with Gasteiger partial charge in [-0.25, -0.2) is 13.2 Å². The summed E-state index contributed by atoms with van der Waals surface area (Å²) >= 11 is 0. The molecule has 0 spiro atoms. The second-order valence-electron chi connectivity index (χ2n) is 1.96. The third kappa shape index (κ3) is 3.65. The van der Waals surface area contributed by atoms with Gasteiger partial charge in [-0.05, 0) is 13.8 Å². The van der Waals surface area contributed by atoms with E-state index in [0.717, 1.165) is 6.08 Å². The summed E-state index contributed by atoms with van der Waals surface area (Å²) in [5.41, 5.74) is -0.220. The van der Waals surface area contributed by atoms with Crippen LogP contribution >= 0.6 is 0 Å². The van der Waals surface area contributed by atoms with Crippen LogP contribution in [0.5, 0.6) is 0 Å². The molecule has 0 rings (SSSR count). The molecule has 0 saturated carbocycles. The lowest BCUT2D eigenvalue weighted by atomic mass is 10.2. The average Bonchev–Trinajstić information content (AvgIpc) is 2.02. The van der Waals surface area contributed by atoms with Crippen molar-refractivity contribution >= 4 is 0 Å². The molecule has 0 aliphatic rings. The zero-order valence-electron chi connectivity index (χ0n) is 6.37. The van der Waals surface area contributed by atoms with E-state index < -0.39 is 11.7 Å². The van der Waals surface area contributed by atoms with Crippen molar-refractivity contribution in [3.63, 3.8) is 0 Å². The van der Waals surface area contributed by atoms with E-state index in [-0.39, 0.29) is 11.9 Å². The molecule has 3 heteroatoms. The zero-order valence-corrected chi connectivity index (χ0v) is 6.37. The molecule has 0 amide bonds. The number of halogens is 3. The minimum atomic E-state index is -0.900. The molecule has 62 valence electrons. The molecule has 0 nitrogen and oxygen atoms in total. The highest BCUT2D eigenvalue weighted by atomic mass is 19.1. The zero-order chi connectivity index (χ0) is 8.85. The first-order valence-electron chi connectivity index (χ1n) is 3.08. The van der Waals surface area contributed by atoms with Crippen LogP contribution in [0.2, 0.25) is 0 Å². The maximum Gasteiger partial charge on any atom is 0.131 e. The van der Waals surface area contributed by atoms with Gasteiger partial charge in [0.1, 0.15) is 11.7 Å². The highest BCUT2D eigenvalue weighted by Gasteiger charge is 1.98. The van der Waals surface area contributed by atoms with Gasteiger partial charge < -0.3 is 0 Å². The van der Waals surface area contributed by atoms with Crippen LogP contribution in [0.3, 0.4) is 0 Å². The van der Waals surface area contributed by atoms with Gasteiger partial charge in [0.15, 0.2) is 0 Å². The fourth-order valence-electron chi connectivity index (χ4n) is 0.370. The third-order valence-corrected chi connectivity index (χ3v) is 1.08. The summed E-state index contributed by atoms with van der Waals surface area (Å²) in [7, 11) is 0. The van der Waals surface area contributed by atoms with Crippen molar-refractivity contribution in [2.75, 3.05) is 0 Å². The Morgan fingerprint density at radius 3 is 2.18 bits per heavy atom. The molecule has 0 N–H and O–H groups in total. The molecule has 0 aromatic carbocycles. The fourth-order valence-corrected chi connectivity index (χ4v) is 0.370. The lowest BCUT2D eigenvalue weighted by molar-refractivity contribution is 0.611. The van der Waals surface area contributed by atoms with Crippen molar-refractivity contribution in [1.29, 1.82) is 0 Å². The Labute approximate surface area is 63.7 Å². The minimum absolute atomic E-state index is 0.0920. The number of hydrogen-bond acceptors (Lipinski definition) is 0. The van der Waals surface area contributed by atoms with Gasteiger partial charge in [0.2, 0.25) is 0 Å². The molecule has 0 aliphatic carbocycles. The van der Waals surface area contributed by atoms with Crippen molar-refractivity contribution in [3.8, 4) is 0 Å². The van der Waals surface area contributed by atoms with E-state index >= 15 is 0 Å². The second kappa shape index (κ2) is 4.77. The first-order chi connectivity index (χ1) is 5.11. The molecule has 0 bridgehead atoms. The summed E-state index contributed by atoms with van der Waals surface area (Å²) in [6.07, 6.45) is 1.81. The lowest BCUT2D eigenvalue weighted by Crippen LogP contribution is -1.76. The summed E-state index contributed by atoms with van der Waals surface area (Å²) in [6, 6.07) is 0. The summed E-state index contributed by atoms with van der Waals surface area (Å²) in [5.74, 6) is -1.62. The number of allylic oxidation sites excluding steroid dienone is 5. The minimum Gasteiger partial charge on any atom is -0.215 e. The summed E-state index contributed by atoms with van der Waals surface area (Å²) in [4.78, 5) is 0. The van der Waals surface area contributed by atoms with Crippen LogP contribution in [-0.4, -0.2) is 0 Å². The molecular formula is C8H9F3. The smallest absolute Gasteiger partial charge is 0.131 e. The van der Waals surface area contributed by atoms with Crippen LogP contribution < -0.4 is 0 Å². The molecule has 0 aliphatic heterocycles. The summed E-state index contributed by atoms with van der Waals surface area (Å²) in [5, 5.41) is 0. The molecule has 0 unspecified atom stereocenters. The summed E-state index contributed by atoms with van der Waals surface area (Å²) in [6.45, 7) is 2.64. The van der Waals surface area contributed by atoms with Crippen molar-refractivity contribution in [2.45, 2.75) is 13.8 Å². The largest absolute Gasteiger partial charge is 0.215 e. The molecule has 11 heavy (non-hydrogen) atoms. The molecule has 0 radical (unpaired) electrons. The molecule has 0 saturated heterocycles. The van der Waals surface area contributed by atoms with E-state index in [0.29, 0.717) is 6.08 Å². The Hall–Kier alpha value is -0.990. The standard InChI is InChI=1S/C8H9F3/c1-3-7(10)4-8(11)6(2)5-9/h3-5H,1-2H3/b6-5+,7-3+,8-4+. The third-order valence-electron chi connectivity index (χ3n) is 1.08. The van der Waals surface area contributed by atoms with Crippen molar-refractivity contribution in [2.24, 2.45) is 0 Å². The number of rotatable bonds is 2. The lowest BCUT2D eigenvalue weighted by Gasteiger charge is -1.91. The Kier molecular flexibility index (Phi) is 4.34. The molecule has 0 heterocycles.